The molecule has 0 bridgehead atoms. The molecule has 0 fully saturated rings. The number of ketones is 1. The summed E-state index contributed by atoms with van der Waals surface area (Å²) >= 11 is 0. The summed E-state index contributed by atoms with van der Waals surface area (Å²) in [6.45, 7) is -2.59. The molecule has 10 N–H and O–H groups in total. The maximum Gasteiger partial charge on any atom is 0.320 e. The van der Waals surface area contributed by atoms with Crippen molar-refractivity contribution in [2.45, 2.75) is 69.5 Å². The van der Waals surface area contributed by atoms with Gasteiger partial charge in [0.15, 0.2) is 0 Å². The lowest BCUT2D eigenvalue weighted by Gasteiger charge is -2.25. The van der Waals surface area contributed by atoms with Gasteiger partial charge in [-0.15, -0.1) is 0 Å². The minimum Gasteiger partial charge on any atom is -0.480 e. The van der Waals surface area contributed by atoms with E-state index in [0.29, 0.717) is 25.8 Å². The zero-order valence-electron chi connectivity index (χ0n) is 24.8. The van der Waals surface area contributed by atoms with Crippen molar-refractivity contribution in [1.29, 1.82) is 0 Å². The SMILES string of the molecule is NC(CCC(=O)CNCCCCC(C(=O)O)N(CC(=O)O)CC(=O)O)C(=O)NCCCCC(C(=O)O)N(CC(=O)O)CC(=O)O. The Kier molecular flexibility index (Phi) is 20.2. The van der Waals surface area contributed by atoms with Crippen molar-refractivity contribution >= 4 is 47.5 Å². The third-order valence-corrected chi connectivity index (χ3v) is 6.48. The highest BCUT2D eigenvalue weighted by Gasteiger charge is 2.29. The lowest BCUT2D eigenvalue weighted by molar-refractivity contribution is -0.152. The van der Waals surface area contributed by atoms with E-state index in [0.717, 1.165) is 9.80 Å². The van der Waals surface area contributed by atoms with Crippen molar-refractivity contribution in [3.05, 3.63) is 0 Å². The van der Waals surface area contributed by atoms with E-state index in [1.165, 1.54) is 0 Å². The predicted molar refractivity (Wildman–Crippen MR) is 152 cm³/mol. The molecule has 19 nitrogen and oxygen atoms in total. The van der Waals surface area contributed by atoms with E-state index >= 15 is 0 Å². The van der Waals surface area contributed by atoms with E-state index in [9.17, 15) is 48.6 Å². The number of hydrogen-bond acceptors (Lipinski definition) is 12. The van der Waals surface area contributed by atoms with Gasteiger partial charge < -0.3 is 47.0 Å². The number of Topliss-reactive ketones (excluding diaryl/α,β-unsaturated/α-hetero) is 1. The molecule has 256 valence electrons. The van der Waals surface area contributed by atoms with Crippen molar-refractivity contribution in [3.63, 3.8) is 0 Å². The second-order valence-corrected chi connectivity index (χ2v) is 10.2. The van der Waals surface area contributed by atoms with Gasteiger partial charge in [0, 0.05) is 13.0 Å². The molecule has 0 aromatic carbocycles. The van der Waals surface area contributed by atoms with Gasteiger partial charge in [-0.05, 0) is 45.1 Å². The van der Waals surface area contributed by atoms with Crippen LogP contribution in [-0.4, -0.2) is 152 Å². The zero-order valence-corrected chi connectivity index (χ0v) is 24.8. The Hall–Kier alpha value is -4.20. The number of hydrogen-bond donors (Lipinski definition) is 9. The molecule has 0 aromatic rings. The number of carbonyl (C=O) groups excluding carboxylic acids is 2. The number of unbranched alkanes of at least 4 members (excludes halogenated alkanes) is 2. The van der Waals surface area contributed by atoms with E-state index in [-0.39, 0.29) is 51.0 Å². The minimum atomic E-state index is -1.37. The number of nitrogens with two attached hydrogens (primary N) is 1. The first kappa shape index (κ1) is 40.8. The molecule has 0 spiro atoms. The Bertz CT molecular complexity index is 1010. The van der Waals surface area contributed by atoms with Crippen molar-refractivity contribution in [2.75, 3.05) is 45.8 Å². The predicted octanol–water partition coefficient (Wildman–Crippen LogP) is -2.44. The van der Waals surface area contributed by atoms with Crippen LogP contribution in [0.1, 0.15) is 51.4 Å². The average molecular weight is 650 g/mol. The third-order valence-electron chi connectivity index (χ3n) is 6.48. The van der Waals surface area contributed by atoms with Gasteiger partial charge in [0.25, 0.3) is 0 Å². The number of carbonyl (C=O) groups is 8. The Morgan fingerprint density at radius 1 is 0.578 bits per heavy atom. The summed E-state index contributed by atoms with van der Waals surface area (Å²) < 4.78 is 0. The summed E-state index contributed by atoms with van der Waals surface area (Å²) in [6.07, 6.45) is 1.30. The molecule has 45 heavy (non-hydrogen) atoms. The summed E-state index contributed by atoms with van der Waals surface area (Å²) in [5, 5.41) is 59.9. The van der Waals surface area contributed by atoms with Crippen molar-refractivity contribution in [3.8, 4) is 0 Å². The molecule has 0 radical (unpaired) electrons. The fourth-order valence-electron chi connectivity index (χ4n) is 4.33. The van der Waals surface area contributed by atoms with Gasteiger partial charge in [0.1, 0.15) is 17.9 Å². The Morgan fingerprint density at radius 3 is 1.36 bits per heavy atom. The highest BCUT2D eigenvalue weighted by molar-refractivity contribution is 5.84. The Balaban J connectivity index is 4.36. The van der Waals surface area contributed by atoms with Crippen LogP contribution in [0.3, 0.4) is 0 Å². The van der Waals surface area contributed by atoms with Crippen LogP contribution in [0.15, 0.2) is 0 Å². The van der Waals surface area contributed by atoms with Gasteiger partial charge in [0.05, 0.1) is 38.8 Å². The fourth-order valence-corrected chi connectivity index (χ4v) is 4.33. The van der Waals surface area contributed by atoms with Gasteiger partial charge in [-0.2, -0.15) is 0 Å². The summed E-state index contributed by atoms with van der Waals surface area (Å²) in [6, 6.07) is -3.63. The molecule has 0 aliphatic carbocycles. The fraction of sp³-hybridized carbons (Fsp3) is 0.692. The number of nitrogens with one attached hydrogen (secondary N) is 2. The largest absolute Gasteiger partial charge is 0.480 e. The topological polar surface area (TPSA) is 314 Å². The number of nitrogens with zero attached hydrogens (tertiary/aromatic N) is 2. The maximum atomic E-state index is 12.2. The first-order valence-corrected chi connectivity index (χ1v) is 14.1. The van der Waals surface area contributed by atoms with Crippen LogP contribution in [-0.2, 0) is 38.4 Å². The summed E-state index contributed by atoms with van der Waals surface area (Å²) in [4.78, 5) is 92.9. The highest BCUT2D eigenvalue weighted by Crippen LogP contribution is 2.11. The van der Waals surface area contributed by atoms with Crippen LogP contribution in [0, 0.1) is 0 Å². The molecule has 1 amide bonds. The Morgan fingerprint density at radius 2 is 0.978 bits per heavy atom. The molecule has 3 unspecified atom stereocenters. The second kappa shape index (κ2) is 22.3. The third kappa shape index (κ3) is 19.6. The molecule has 0 aliphatic heterocycles. The van der Waals surface area contributed by atoms with Gasteiger partial charge in [-0.1, -0.05) is 6.42 Å². The standard InChI is InChI=1S/C26H43N5O14/c27-17(24(41)29-10-4-2-6-19(26(44)45)31(14-22(37)38)15-23(39)40)8-7-16(32)11-28-9-3-1-5-18(25(42)43)30(12-20(33)34)13-21(35)36/h17-19,28H,1-15,27H2,(H,29,41)(H,33,34)(H,35,36)(H,37,38)(H,39,40)(H,42,43)(H,44,45). The van der Waals surface area contributed by atoms with E-state index in [2.05, 4.69) is 10.6 Å². The van der Waals surface area contributed by atoms with Crippen LogP contribution in [0.2, 0.25) is 0 Å². The normalized spacial score (nSPS) is 13.1. The number of carboxylic acids is 6. The molecule has 19 heteroatoms. The average Bonchev–Trinajstić information content (AvgIpc) is 2.90. The molecule has 0 rings (SSSR count). The van der Waals surface area contributed by atoms with Gasteiger partial charge in [-0.3, -0.25) is 48.2 Å². The molecule has 0 saturated carbocycles. The molecular formula is C26H43N5O14. The van der Waals surface area contributed by atoms with Crippen LogP contribution < -0.4 is 16.4 Å². The molecule has 0 heterocycles. The monoisotopic (exact) mass is 649 g/mol. The smallest absolute Gasteiger partial charge is 0.320 e. The maximum absolute atomic E-state index is 12.2. The van der Waals surface area contributed by atoms with Crippen LogP contribution >= 0.6 is 0 Å². The highest BCUT2D eigenvalue weighted by atomic mass is 16.4. The van der Waals surface area contributed by atoms with E-state index in [4.69, 9.17) is 26.2 Å². The first-order valence-electron chi connectivity index (χ1n) is 14.1. The molecule has 0 saturated heterocycles. The zero-order chi connectivity index (χ0) is 34.5. The van der Waals surface area contributed by atoms with Crippen molar-refractivity contribution in [1.82, 2.24) is 20.4 Å². The summed E-state index contributed by atoms with van der Waals surface area (Å²) in [7, 11) is 0. The van der Waals surface area contributed by atoms with Crippen LogP contribution in [0.25, 0.3) is 0 Å². The van der Waals surface area contributed by atoms with Crippen molar-refractivity contribution < 1.29 is 69.0 Å². The number of rotatable bonds is 28. The van der Waals surface area contributed by atoms with Gasteiger partial charge in [0.2, 0.25) is 5.91 Å². The number of carboxylic acid groups (broad SMARTS) is 6. The molecular weight excluding hydrogens is 606 g/mol. The Labute approximate surface area is 258 Å². The molecule has 3 atom stereocenters. The summed E-state index contributed by atoms with van der Waals surface area (Å²) in [5.74, 6) is -8.93. The minimum absolute atomic E-state index is 0.00349. The first-order chi connectivity index (χ1) is 21.0. The number of aliphatic carboxylic acids is 6. The summed E-state index contributed by atoms with van der Waals surface area (Å²) in [5.41, 5.74) is 5.83. The molecule has 0 aliphatic rings. The molecule has 0 aromatic heterocycles. The lowest BCUT2D eigenvalue weighted by atomic mass is 10.1. The quantitative estimate of drug-likeness (QED) is 0.0397. The van der Waals surface area contributed by atoms with E-state index < -0.39 is 86.0 Å². The van der Waals surface area contributed by atoms with Crippen LogP contribution in [0.4, 0.5) is 0 Å². The lowest BCUT2D eigenvalue weighted by Crippen LogP contribution is -2.46. The second-order valence-electron chi connectivity index (χ2n) is 10.2. The van der Waals surface area contributed by atoms with Gasteiger partial charge in [-0.25, -0.2) is 0 Å². The van der Waals surface area contributed by atoms with Crippen molar-refractivity contribution in [2.24, 2.45) is 5.73 Å². The van der Waals surface area contributed by atoms with Gasteiger partial charge >= 0.3 is 35.8 Å². The van der Waals surface area contributed by atoms with E-state index in [1.807, 2.05) is 0 Å². The van der Waals surface area contributed by atoms with E-state index in [1.54, 1.807) is 0 Å². The van der Waals surface area contributed by atoms with Crippen LogP contribution in [0.5, 0.6) is 0 Å². The number of amides is 1.